The maximum atomic E-state index is 10.3. The van der Waals surface area contributed by atoms with Crippen LogP contribution in [0.5, 0.6) is 0 Å². The summed E-state index contributed by atoms with van der Waals surface area (Å²) in [7, 11) is 0. The van der Waals surface area contributed by atoms with Gasteiger partial charge in [-0.2, -0.15) is 0 Å². The largest absolute Gasteiger partial charge is 0.368 e. The van der Waals surface area contributed by atoms with E-state index in [-0.39, 0.29) is 24.4 Å². The zero-order chi connectivity index (χ0) is 5.98. The minimum Gasteiger partial charge on any atom is -0.368 e. The van der Waals surface area contributed by atoms with Crippen molar-refractivity contribution >= 4 is 35.6 Å². The zero-order valence-corrected chi connectivity index (χ0v) is 6.24. The van der Waals surface area contributed by atoms with E-state index in [4.69, 9.17) is 5.73 Å². The third-order valence-corrected chi connectivity index (χ3v) is 1.68. The van der Waals surface area contributed by atoms with Crippen molar-refractivity contribution < 1.29 is 4.79 Å². The van der Waals surface area contributed by atoms with Crippen LogP contribution in [0.15, 0.2) is 4.99 Å². The fraction of sp³-hybridized carbons (Fsp3) is 0.500. The average Bonchev–Trinajstić information content (AvgIpc) is 2.12. The molecule has 0 aromatic carbocycles. The lowest BCUT2D eigenvalue weighted by atomic mass is 10.3. The van der Waals surface area contributed by atoms with Crippen molar-refractivity contribution in [3.8, 4) is 0 Å². The predicted octanol–water partition coefficient (Wildman–Crippen LogP) is 0.0372. The van der Waals surface area contributed by atoms with E-state index < -0.39 is 0 Å². The van der Waals surface area contributed by atoms with E-state index in [1.807, 2.05) is 0 Å². The van der Waals surface area contributed by atoms with Gasteiger partial charge in [-0.3, -0.25) is 9.79 Å². The molecule has 0 radical (unpaired) electrons. The molecule has 0 fully saturated rings. The maximum absolute atomic E-state index is 10.3. The highest BCUT2D eigenvalue weighted by molar-refractivity contribution is 8.12. The van der Waals surface area contributed by atoms with E-state index in [0.717, 1.165) is 5.75 Å². The second kappa shape index (κ2) is 3.74. The average molecular weight is 167 g/mol. The van der Waals surface area contributed by atoms with E-state index in [1.165, 1.54) is 11.8 Å². The van der Waals surface area contributed by atoms with Crippen molar-refractivity contribution in [1.82, 2.24) is 0 Å². The van der Waals surface area contributed by atoms with Crippen molar-refractivity contribution in [1.29, 1.82) is 0 Å². The van der Waals surface area contributed by atoms with Gasteiger partial charge in [0.1, 0.15) is 6.04 Å². The number of carbonyl (C=O) groups is 1. The smallest absolute Gasteiger partial charge is 0.243 e. The van der Waals surface area contributed by atoms with E-state index in [1.54, 1.807) is 5.55 Å². The highest BCUT2D eigenvalue weighted by Gasteiger charge is 2.15. The summed E-state index contributed by atoms with van der Waals surface area (Å²) in [5.74, 6) is 0.390. The Labute approximate surface area is 63.5 Å². The van der Waals surface area contributed by atoms with Gasteiger partial charge in [-0.1, -0.05) is 0 Å². The third kappa shape index (κ3) is 2.24. The van der Waals surface area contributed by atoms with E-state index in [2.05, 4.69) is 4.99 Å². The predicted molar refractivity (Wildman–Crippen MR) is 41.2 cm³/mol. The molecule has 1 amide bonds. The van der Waals surface area contributed by atoms with Crippen LogP contribution in [0.25, 0.3) is 0 Å². The number of rotatable bonds is 1. The van der Waals surface area contributed by atoms with Gasteiger partial charge in [0.15, 0.2) is 0 Å². The lowest BCUT2D eigenvalue weighted by Gasteiger charge is -1.95. The number of aliphatic imine (C=N–C) groups is 1. The number of nitrogens with two attached hydrogens (primary N) is 1. The molecule has 1 atom stereocenters. The molecule has 5 heteroatoms. The highest BCUT2D eigenvalue weighted by Crippen LogP contribution is 2.09. The molecular formula is C4H7ClN2OS. The van der Waals surface area contributed by atoms with Crippen LogP contribution in [-0.4, -0.2) is 23.2 Å². The van der Waals surface area contributed by atoms with Crippen molar-refractivity contribution in [2.75, 3.05) is 5.75 Å². The van der Waals surface area contributed by atoms with Gasteiger partial charge in [0.2, 0.25) is 5.91 Å². The molecule has 1 aliphatic rings. The number of amides is 1. The Kier molecular flexibility index (Phi) is 3.65. The summed E-state index contributed by atoms with van der Waals surface area (Å²) in [6.45, 7) is 0. The fourth-order valence-electron chi connectivity index (χ4n) is 0.449. The summed E-state index contributed by atoms with van der Waals surface area (Å²) < 4.78 is 0. The molecule has 0 saturated carbocycles. The van der Waals surface area contributed by atoms with Crippen LogP contribution in [0.3, 0.4) is 0 Å². The Morgan fingerprint density at radius 2 is 2.56 bits per heavy atom. The van der Waals surface area contributed by atoms with E-state index >= 15 is 0 Å². The van der Waals surface area contributed by atoms with Crippen LogP contribution in [0.4, 0.5) is 0 Å². The molecule has 0 spiro atoms. The quantitative estimate of drug-likeness (QED) is 0.598. The van der Waals surface area contributed by atoms with Crippen LogP contribution in [0.1, 0.15) is 0 Å². The van der Waals surface area contributed by atoms with Crippen LogP contribution in [0.2, 0.25) is 0 Å². The van der Waals surface area contributed by atoms with Gasteiger partial charge in [0.05, 0.1) is 5.55 Å². The SMILES string of the molecule is Cl.NC(=O)[C@@H]1CSC=N1. The first-order chi connectivity index (χ1) is 3.80. The molecule has 52 valence electrons. The number of thioether (sulfide) groups is 1. The van der Waals surface area contributed by atoms with Crippen molar-refractivity contribution in [2.45, 2.75) is 6.04 Å². The Balaban J connectivity index is 0.000000640. The Hall–Kier alpha value is -0.220. The molecular weight excluding hydrogens is 160 g/mol. The Morgan fingerprint density at radius 3 is 2.78 bits per heavy atom. The number of hydrogen-bond donors (Lipinski definition) is 1. The molecule has 0 bridgehead atoms. The molecule has 0 aliphatic carbocycles. The molecule has 0 unspecified atom stereocenters. The maximum Gasteiger partial charge on any atom is 0.243 e. The summed E-state index contributed by atoms with van der Waals surface area (Å²) in [5.41, 5.74) is 6.59. The lowest BCUT2D eigenvalue weighted by Crippen LogP contribution is -2.26. The lowest BCUT2D eigenvalue weighted by molar-refractivity contribution is -0.118. The van der Waals surface area contributed by atoms with Crippen molar-refractivity contribution in [3.05, 3.63) is 0 Å². The minimum absolute atomic E-state index is 0. The number of halogens is 1. The van der Waals surface area contributed by atoms with Gasteiger partial charge in [0, 0.05) is 5.75 Å². The summed E-state index contributed by atoms with van der Waals surface area (Å²) in [5, 5.41) is 0. The fourth-order valence-corrected chi connectivity index (χ4v) is 1.20. The van der Waals surface area contributed by atoms with Gasteiger partial charge in [-0.15, -0.1) is 24.2 Å². The minimum atomic E-state index is -0.328. The molecule has 0 saturated heterocycles. The molecule has 2 N–H and O–H groups in total. The van der Waals surface area contributed by atoms with Crippen molar-refractivity contribution in [2.24, 2.45) is 10.7 Å². The highest BCUT2D eigenvalue weighted by atomic mass is 35.5. The molecule has 1 rings (SSSR count). The molecule has 3 nitrogen and oxygen atoms in total. The number of nitrogens with zero attached hydrogens (tertiary/aromatic N) is 1. The van der Waals surface area contributed by atoms with Crippen LogP contribution in [0, 0.1) is 0 Å². The van der Waals surface area contributed by atoms with E-state index in [9.17, 15) is 4.79 Å². The van der Waals surface area contributed by atoms with Gasteiger partial charge in [-0.05, 0) is 0 Å². The second-order valence-corrected chi connectivity index (χ2v) is 2.38. The summed E-state index contributed by atoms with van der Waals surface area (Å²) in [6.07, 6.45) is 0. The first-order valence-corrected chi connectivity index (χ1v) is 3.28. The molecule has 9 heavy (non-hydrogen) atoms. The molecule has 0 aromatic heterocycles. The molecule has 1 heterocycles. The number of primary amides is 1. The number of hydrogen-bond acceptors (Lipinski definition) is 3. The monoisotopic (exact) mass is 166 g/mol. The first kappa shape index (κ1) is 8.78. The summed E-state index contributed by atoms with van der Waals surface area (Å²) >= 11 is 1.52. The zero-order valence-electron chi connectivity index (χ0n) is 4.61. The first-order valence-electron chi connectivity index (χ1n) is 2.23. The van der Waals surface area contributed by atoms with Gasteiger partial charge >= 0.3 is 0 Å². The topological polar surface area (TPSA) is 55.5 Å². The van der Waals surface area contributed by atoms with E-state index in [0.29, 0.717) is 0 Å². The second-order valence-electron chi connectivity index (χ2n) is 1.51. The van der Waals surface area contributed by atoms with Crippen LogP contribution in [-0.2, 0) is 4.79 Å². The van der Waals surface area contributed by atoms with Gasteiger partial charge in [-0.25, -0.2) is 0 Å². The summed E-state index contributed by atoms with van der Waals surface area (Å²) in [4.78, 5) is 14.1. The normalized spacial score (nSPS) is 23.3. The van der Waals surface area contributed by atoms with Crippen LogP contribution < -0.4 is 5.73 Å². The molecule has 0 aromatic rings. The molecule has 1 aliphatic heterocycles. The number of carbonyl (C=O) groups excluding carboxylic acids is 1. The summed E-state index contributed by atoms with van der Waals surface area (Å²) in [6, 6.07) is -0.264. The standard InChI is InChI=1S/C4H6N2OS.ClH/c5-4(7)3-1-8-2-6-3;/h2-3H,1H2,(H2,5,7);1H/t3-;/m0./s1. The van der Waals surface area contributed by atoms with Crippen molar-refractivity contribution in [3.63, 3.8) is 0 Å². The third-order valence-electron chi connectivity index (χ3n) is 0.898. The Bertz CT molecular complexity index is 139. The van der Waals surface area contributed by atoms with Crippen LogP contribution >= 0.6 is 24.2 Å². The van der Waals surface area contributed by atoms with Gasteiger partial charge in [0.25, 0.3) is 0 Å². The van der Waals surface area contributed by atoms with Gasteiger partial charge < -0.3 is 5.73 Å². The Morgan fingerprint density at radius 1 is 1.89 bits per heavy atom.